The van der Waals surface area contributed by atoms with E-state index in [0.29, 0.717) is 10.7 Å². The maximum atomic E-state index is 11.4. The summed E-state index contributed by atoms with van der Waals surface area (Å²) in [7, 11) is 2.96. The minimum absolute atomic E-state index is 0.372. The number of hydrogen-bond donors (Lipinski definition) is 2. The molecule has 2 N–H and O–H groups in total. The maximum Gasteiger partial charge on any atom is 0.337 e. The van der Waals surface area contributed by atoms with Crippen molar-refractivity contribution in [3.63, 3.8) is 0 Å². The van der Waals surface area contributed by atoms with E-state index in [1.165, 1.54) is 7.11 Å². The lowest BCUT2D eigenvalue weighted by atomic mass is 10.2. The Morgan fingerprint density at radius 2 is 1.68 bits per heavy atom. The van der Waals surface area contributed by atoms with E-state index < -0.39 is 0 Å². The molecule has 0 bridgehead atoms. The van der Waals surface area contributed by atoms with Crippen molar-refractivity contribution in [1.29, 1.82) is 0 Å². The molecule has 6 heteroatoms. The highest BCUT2D eigenvalue weighted by molar-refractivity contribution is 7.80. The highest BCUT2D eigenvalue weighted by Gasteiger charge is 2.05. The van der Waals surface area contributed by atoms with Crippen molar-refractivity contribution in [3.8, 4) is 5.75 Å². The fourth-order valence-corrected chi connectivity index (χ4v) is 2.04. The predicted molar refractivity (Wildman–Crippen MR) is 90.6 cm³/mol. The molecule has 0 aliphatic rings. The number of hydrogen-bond acceptors (Lipinski definition) is 4. The van der Waals surface area contributed by atoms with Gasteiger partial charge < -0.3 is 20.1 Å². The smallest absolute Gasteiger partial charge is 0.337 e. The molecule has 0 amide bonds. The Bertz CT molecular complexity index is 671. The molecule has 0 aliphatic heterocycles. The van der Waals surface area contributed by atoms with Gasteiger partial charge in [0.1, 0.15) is 5.75 Å². The Balaban J connectivity index is 1.98. The first-order valence-corrected chi connectivity index (χ1v) is 6.93. The highest BCUT2D eigenvalue weighted by atomic mass is 32.1. The third-order valence-corrected chi connectivity index (χ3v) is 3.10. The van der Waals surface area contributed by atoms with Crippen molar-refractivity contribution in [2.24, 2.45) is 0 Å². The van der Waals surface area contributed by atoms with Crippen molar-refractivity contribution in [1.82, 2.24) is 0 Å². The van der Waals surface area contributed by atoms with Crippen LogP contribution in [0.2, 0.25) is 0 Å². The standard InChI is InChI=1S/C16H16N2O3S/c1-20-14-5-3-4-13(10-14)18-16(22)17-12-8-6-11(7-9-12)15(19)21-2/h3-10H,1-2H3,(H2,17,18,22). The summed E-state index contributed by atoms with van der Waals surface area (Å²) in [6.07, 6.45) is 0. The lowest BCUT2D eigenvalue weighted by Gasteiger charge is -2.11. The number of esters is 1. The molecule has 0 fully saturated rings. The number of carbonyl (C=O) groups is 1. The lowest BCUT2D eigenvalue weighted by Crippen LogP contribution is -2.19. The van der Waals surface area contributed by atoms with Gasteiger partial charge in [0.15, 0.2) is 5.11 Å². The predicted octanol–water partition coefficient (Wildman–Crippen LogP) is 3.29. The second-order valence-electron chi connectivity index (χ2n) is 4.38. The topological polar surface area (TPSA) is 59.6 Å². The van der Waals surface area contributed by atoms with Crippen LogP contribution in [0.1, 0.15) is 10.4 Å². The summed E-state index contributed by atoms with van der Waals surface area (Å²) >= 11 is 5.25. The first kappa shape index (κ1) is 15.8. The van der Waals surface area contributed by atoms with Crippen LogP contribution in [0.3, 0.4) is 0 Å². The second kappa shape index (κ2) is 7.42. The molecule has 0 atom stereocenters. The summed E-state index contributed by atoms with van der Waals surface area (Å²) in [5.74, 6) is 0.374. The van der Waals surface area contributed by atoms with Crippen molar-refractivity contribution in [2.45, 2.75) is 0 Å². The molecule has 0 saturated heterocycles. The monoisotopic (exact) mass is 316 g/mol. The van der Waals surface area contributed by atoms with Gasteiger partial charge in [-0.3, -0.25) is 0 Å². The number of anilines is 2. The number of carbonyl (C=O) groups excluding carboxylic acids is 1. The van der Waals surface area contributed by atoms with Crippen LogP contribution in [-0.4, -0.2) is 25.3 Å². The zero-order chi connectivity index (χ0) is 15.9. The molecular weight excluding hydrogens is 300 g/mol. The van der Waals surface area contributed by atoms with Gasteiger partial charge in [-0.25, -0.2) is 4.79 Å². The zero-order valence-corrected chi connectivity index (χ0v) is 13.1. The van der Waals surface area contributed by atoms with Gasteiger partial charge in [0.2, 0.25) is 0 Å². The molecule has 0 radical (unpaired) electrons. The molecule has 0 unspecified atom stereocenters. The molecule has 0 saturated carbocycles. The summed E-state index contributed by atoms with van der Waals surface area (Å²) in [6, 6.07) is 14.3. The van der Waals surface area contributed by atoms with E-state index in [4.69, 9.17) is 17.0 Å². The van der Waals surface area contributed by atoms with Crippen LogP contribution < -0.4 is 15.4 Å². The van der Waals surface area contributed by atoms with E-state index >= 15 is 0 Å². The van der Waals surface area contributed by atoms with Gasteiger partial charge in [0, 0.05) is 17.4 Å². The Morgan fingerprint density at radius 1 is 1.00 bits per heavy atom. The molecule has 0 aromatic heterocycles. The van der Waals surface area contributed by atoms with E-state index in [2.05, 4.69) is 15.4 Å². The third kappa shape index (κ3) is 4.20. The van der Waals surface area contributed by atoms with Gasteiger partial charge in [-0.1, -0.05) is 6.07 Å². The van der Waals surface area contributed by atoms with Crippen LogP contribution in [-0.2, 0) is 4.74 Å². The maximum absolute atomic E-state index is 11.4. The molecule has 2 rings (SSSR count). The lowest BCUT2D eigenvalue weighted by molar-refractivity contribution is 0.0601. The Hall–Kier alpha value is -2.60. The van der Waals surface area contributed by atoms with Gasteiger partial charge in [0.25, 0.3) is 0 Å². The first-order valence-electron chi connectivity index (χ1n) is 6.53. The van der Waals surface area contributed by atoms with Gasteiger partial charge in [-0.2, -0.15) is 0 Å². The molecule has 0 aliphatic carbocycles. The van der Waals surface area contributed by atoms with Crippen molar-refractivity contribution in [3.05, 3.63) is 54.1 Å². The van der Waals surface area contributed by atoms with Gasteiger partial charge in [-0.05, 0) is 48.6 Å². The summed E-state index contributed by atoms with van der Waals surface area (Å²) in [6.45, 7) is 0. The molecule has 0 spiro atoms. The number of ether oxygens (including phenoxy) is 2. The number of methoxy groups -OCH3 is 2. The zero-order valence-electron chi connectivity index (χ0n) is 12.3. The van der Waals surface area contributed by atoms with Crippen LogP contribution in [0.4, 0.5) is 11.4 Å². The average molecular weight is 316 g/mol. The summed E-state index contributed by atoms with van der Waals surface area (Å²) in [4.78, 5) is 11.4. The largest absolute Gasteiger partial charge is 0.497 e. The van der Waals surface area contributed by atoms with Crippen LogP contribution in [0.15, 0.2) is 48.5 Å². The van der Waals surface area contributed by atoms with E-state index in [1.54, 1.807) is 31.4 Å². The molecule has 114 valence electrons. The summed E-state index contributed by atoms with van der Waals surface area (Å²) in [5.41, 5.74) is 2.08. The normalized spacial score (nSPS) is 9.73. The van der Waals surface area contributed by atoms with Crippen LogP contribution in [0.5, 0.6) is 5.75 Å². The van der Waals surface area contributed by atoms with Crippen LogP contribution in [0, 0.1) is 0 Å². The quantitative estimate of drug-likeness (QED) is 0.667. The third-order valence-electron chi connectivity index (χ3n) is 2.89. The summed E-state index contributed by atoms with van der Waals surface area (Å²) in [5, 5.41) is 6.55. The fourth-order valence-electron chi connectivity index (χ4n) is 1.80. The summed E-state index contributed by atoms with van der Waals surface area (Å²) < 4.78 is 9.80. The van der Waals surface area contributed by atoms with Crippen molar-refractivity contribution >= 4 is 34.7 Å². The second-order valence-corrected chi connectivity index (χ2v) is 4.79. The number of rotatable bonds is 4. The number of nitrogens with one attached hydrogen (secondary N) is 2. The van der Waals surface area contributed by atoms with Crippen molar-refractivity contribution < 1.29 is 14.3 Å². The van der Waals surface area contributed by atoms with Crippen LogP contribution in [0.25, 0.3) is 0 Å². The molecule has 5 nitrogen and oxygen atoms in total. The van der Waals surface area contributed by atoms with E-state index in [0.717, 1.165) is 17.1 Å². The van der Waals surface area contributed by atoms with Gasteiger partial charge in [-0.15, -0.1) is 0 Å². The fraction of sp³-hybridized carbons (Fsp3) is 0.125. The first-order chi connectivity index (χ1) is 10.6. The van der Waals surface area contributed by atoms with Gasteiger partial charge >= 0.3 is 5.97 Å². The molecule has 22 heavy (non-hydrogen) atoms. The van der Waals surface area contributed by atoms with E-state index in [9.17, 15) is 4.79 Å². The van der Waals surface area contributed by atoms with Gasteiger partial charge in [0.05, 0.1) is 19.8 Å². The number of thiocarbonyl (C=S) groups is 1. The van der Waals surface area contributed by atoms with Crippen LogP contribution >= 0.6 is 12.2 Å². The Kier molecular flexibility index (Phi) is 5.32. The Labute approximate surface area is 134 Å². The molecule has 2 aromatic rings. The molecular formula is C16H16N2O3S. The average Bonchev–Trinajstić information content (AvgIpc) is 2.55. The van der Waals surface area contributed by atoms with Crippen molar-refractivity contribution in [2.75, 3.05) is 24.9 Å². The Morgan fingerprint density at radius 3 is 2.32 bits per heavy atom. The minimum Gasteiger partial charge on any atom is -0.497 e. The van der Waals surface area contributed by atoms with E-state index in [1.807, 2.05) is 24.3 Å². The highest BCUT2D eigenvalue weighted by Crippen LogP contribution is 2.17. The minimum atomic E-state index is -0.372. The SMILES string of the molecule is COC(=O)c1ccc(NC(=S)Nc2cccc(OC)c2)cc1. The number of benzene rings is 2. The molecule has 2 aromatic carbocycles. The van der Waals surface area contributed by atoms with E-state index in [-0.39, 0.29) is 5.97 Å². The molecule has 0 heterocycles.